The molecule has 1 saturated heterocycles. The summed E-state index contributed by atoms with van der Waals surface area (Å²) in [5.74, 6) is -1.53. The highest BCUT2D eigenvalue weighted by atomic mass is 19.1. The Hall–Kier alpha value is -3.42. The lowest BCUT2D eigenvalue weighted by atomic mass is 9.97. The van der Waals surface area contributed by atoms with Crippen LogP contribution in [-0.4, -0.2) is 42.4 Å². The molecule has 164 valence electrons. The van der Waals surface area contributed by atoms with Crippen molar-refractivity contribution in [2.24, 2.45) is 5.92 Å². The van der Waals surface area contributed by atoms with Crippen LogP contribution < -0.4 is 16.0 Å². The first-order valence-corrected chi connectivity index (χ1v) is 10.3. The minimum atomic E-state index is -0.690. The summed E-state index contributed by atoms with van der Waals surface area (Å²) in [5.41, 5.74) is 3.05. The molecular weight excluding hydrogens is 399 g/mol. The lowest BCUT2D eigenvalue weighted by Gasteiger charge is -2.32. The van der Waals surface area contributed by atoms with Crippen molar-refractivity contribution in [3.8, 4) is 0 Å². The van der Waals surface area contributed by atoms with Gasteiger partial charge in [0.05, 0.1) is 0 Å². The Morgan fingerprint density at radius 2 is 1.65 bits per heavy atom. The highest BCUT2D eigenvalue weighted by Gasteiger charge is 2.24. The third kappa shape index (κ3) is 6.28. The molecule has 2 aromatic rings. The number of halogens is 1. The number of hydrogen-bond donors (Lipinski definition) is 3. The Labute approximate surface area is 181 Å². The monoisotopic (exact) mass is 426 g/mol. The smallest absolute Gasteiger partial charge is 0.321 e. The molecule has 1 heterocycles. The molecule has 0 aromatic heterocycles. The van der Waals surface area contributed by atoms with E-state index in [1.54, 1.807) is 4.90 Å². The number of carbonyl (C=O) groups excluding carboxylic acids is 3. The van der Waals surface area contributed by atoms with Crippen LogP contribution >= 0.6 is 0 Å². The Morgan fingerprint density at radius 1 is 0.968 bits per heavy atom. The predicted octanol–water partition coefficient (Wildman–Crippen LogP) is 3.44. The fraction of sp³-hybridized carbons (Fsp3) is 0.348. The van der Waals surface area contributed by atoms with E-state index in [2.05, 4.69) is 16.0 Å². The number of hydrogen-bond acceptors (Lipinski definition) is 3. The lowest BCUT2D eigenvalue weighted by Crippen LogP contribution is -2.44. The number of nitrogens with zero attached hydrogens (tertiary/aromatic N) is 1. The summed E-state index contributed by atoms with van der Waals surface area (Å²) in [7, 11) is 0. The second kappa shape index (κ2) is 10.1. The van der Waals surface area contributed by atoms with Crippen molar-refractivity contribution in [2.75, 3.05) is 30.3 Å². The maximum atomic E-state index is 13.0. The fourth-order valence-corrected chi connectivity index (χ4v) is 3.44. The van der Waals surface area contributed by atoms with Crippen molar-refractivity contribution in [1.29, 1.82) is 0 Å². The van der Waals surface area contributed by atoms with Gasteiger partial charge in [0.1, 0.15) is 5.82 Å². The van der Waals surface area contributed by atoms with E-state index in [1.807, 2.05) is 32.0 Å². The molecule has 0 bridgehead atoms. The second-order valence-corrected chi connectivity index (χ2v) is 7.85. The number of rotatable bonds is 4. The van der Waals surface area contributed by atoms with Gasteiger partial charge in [-0.2, -0.15) is 0 Å². The van der Waals surface area contributed by atoms with Gasteiger partial charge in [-0.3, -0.25) is 9.59 Å². The number of likely N-dealkylation sites (tertiary alicyclic amines) is 1. The fourth-order valence-electron chi connectivity index (χ4n) is 3.44. The molecule has 0 spiro atoms. The third-order valence-corrected chi connectivity index (χ3v) is 5.40. The van der Waals surface area contributed by atoms with Crippen LogP contribution in [0.25, 0.3) is 0 Å². The largest absolute Gasteiger partial charge is 0.348 e. The highest BCUT2D eigenvalue weighted by molar-refractivity contribution is 6.39. The molecule has 0 atom stereocenters. The van der Waals surface area contributed by atoms with Crippen molar-refractivity contribution < 1.29 is 18.8 Å². The van der Waals surface area contributed by atoms with E-state index in [1.165, 1.54) is 24.3 Å². The number of carbonyl (C=O) groups is 3. The molecule has 1 fully saturated rings. The first-order valence-electron chi connectivity index (χ1n) is 10.3. The van der Waals surface area contributed by atoms with Gasteiger partial charge in [-0.05, 0) is 74.1 Å². The van der Waals surface area contributed by atoms with Crippen LogP contribution in [0.15, 0.2) is 42.5 Å². The van der Waals surface area contributed by atoms with Crippen molar-refractivity contribution in [3.63, 3.8) is 0 Å². The minimum Gasteiger partial charge on any atom is -0.348 e. The van der Waals surface area contributed by atoms with Gasteiger partial charge in [-0.1, -0.05) is 12.1 Å². The normalized spacial score (nSPS) is 14.1. The molecule has 1 aliphatic heterocycles. The zero-order valence-electron chi connectivity index (χ0n) is 17.7. The molecule has 0 saturated carbocycles. The summed E-state index contributed by atoms with van der Waals surface area (Å²) < 4.78 is 13.0. The van der Waals surface area contributed by atoms with E-state index < -0.39 is 11.8 Å². The summed E-state index contributed by atoms with van der Waals surface area (Å²) in [6.07, 6.45) is 1.44. The summed E-state index contributed by atoms with van der Waals surface area (Å²) in [4.78, 5) is 38.4. The van der Waals surface area contributed by atoms with Gasteiger partial charge in [0.15, 0.2) is 0 Å². The van der Waals surface area contributed by atoms with Crippen LogP contribution in [0.5, 0.6) is 0 Å². The average molecular weight is 426 g/mol. The van der Waals surface area contributed by atoms with Crippen molar-refractivity contribution in [3.05, 3.63) is 59.4 Å². The average Bonchev–Trinajstić information content (AvgIpc) is 2.76. The zero-order chi connectivity index (χ0) is 22.4. The molecule has 4 amide bonds. The van der Waals surface area contributed by atoms with Gasteiger partial charge in [-0.15, -0.1) is 0 Å². The summed E-state index contributed by atoms with van der Waals surface area (Å²) >= 11 is 0. The molecule has 3 N–H and O–H groups in total. The molecule has 1 aliphatic rings. The standard InChI is InChI=1S/C23H27FN4O3/c1-15-3-4-16(2)20(13-15)27-22(30)21(29)25-14-17-9-11-28(12-10-17)23(31)26-19-7-5-18(24)6-8-19/h3-8,13,17H,9-12,14H2,1-2H3,(H,25,29)(H,26,31)(H,27,30). The van der Waals surface area contributed by atoms with Crippen LogP contribution in [0, 0.1) is 25.6 Å². The zero-order valence-corrected chi connectivity index (χ0v) is 17.7. The van der Waals surface area contributed by atoms with Crippen LogP contribution in [0.2, 0.25) is 0 Å². The van der Waals surface area contributed by atoms with Crippen LogP contribution in [0.1, 0.15) is 24.0 Å². The Morgan fingerprint density at radius 3 is 2.32 bits per heavy atom. The third-order valence-electron chi connectivity index (χ3n) is 5.40. The lowest BCUT2D eigenvalue weighted by molar-refractivity contribution is -0.136. The quantitative estimate of drug-likeness (QED) is 0.654. The molecule has 7 nitrogen and oxygen atoms in total. The van der Waals surface area contributed by atoms with Crippen molar-refractivity contribution in [1.82, 2.24) is 10.2 Å². The Bertz CT molecular complexity index is 954. The number of piperidine rings is 1. The molecular formula is C23H27FN4O3. The maximum absolute atomic E-state index is 13.0. The number of amides is 4. The van der Waals surface area contributed by atoms with E-state index >= 15 is 0 Å². The number of benzene rings is 2. The van der Waals surface area contributed by atoms with Crippen LogP contribution in [0.4, 0.5) is 20.6 Å². The van der Waals surface area contributed by atoms with Gasteiger partial charge < -0.3 is 20.9 Å². The topological polar surface area (TPSA) is 90.5 Å². The van der Waals surface area contributed by atoms with E-state index in [0.29, 0.717) is 31.0 Å². The van der Waals surface area contributed by atoms with Crippen molar-refractivity contribution >= 4 is 29.2 Å². The van der Waals surface area contributed by atoms with Crippen molar-refractivity contribution in [2.45, 2.75) is 26.7 Å². The van der Waals surface area contributed by atoms with E-state index in [-0.39, 0.29) is 17.8 Å². The molecule has 0 unspecified atom stereocenters. The van der Waals surface area contributed by atoms with E-state index in [4.69, 9.17) is 0 Å². The summed E-state index contributed by atoms with van der Waals surface area (Å²) in [6, 6.07) is 11.0. The predicted molar refractivity (Wildman–Crippen MR) is 117 cm³/mol. The molecule has 0 aliphatic carbocycles. The van der Waals surface area contributed by atoms with Crippen LogP contribution in [0.3, 0.4) is 0 Å². The Balaban J connectivity index is 1.40. The molecule has 31 heavy (non-hydrogen) atoms. The van der Waals surface area contributed by atoms with Gasteiger partial charge in [-0.25, -0.2) is 9.18 Å². The second-order valence-electron chi connectivity index (χ2n) is 7.85. The van der Waals surface area contributed by atoms with Gasteiger partial charge >= 0.3 is 17.8 Å². The molecule has 0 radical (unpaired) electrons. The highest BCUT2D eigenvalue weighted by Crippen LogP contribution is 2.19. The van der Waals surface area contributed by atoms with Gasteiger partial charge in [0.25, 0.3) is 0 Å². The van der Waals surface area contributed by atoms with E-state index in [9.17, 15) is 18.8 Å². The first kappa shape index (κ1) is 22.3. The number of aryl methyl sites for hydroxylation is 2. The molecule has 2 aromatic carbocycles. The van der Waals surface area contributed by atoms with Crippen LogP contribution in [-0.2, 0) is 9.59 Å². The molecule has 8 heteroatoms. The number of urea groups is 1. The number of anilines is 2. The number of nitrogens with one attached hydrogen (secondary N) is 3. The Kier molecular flexibility index (Phi) is 7.23. The first-order chi connectivity index (χ1) is 14.8. The van der Waals surface area contributed by atoms with Gasteiger partial charge in [0.2, 0.25) is 0 Å². The SMILES string of the molecule is Cc1ccc(C)c(NC(=O)C(=O)NCC2CCN(C(=O)Nc3ccc(F)cc3)CC2)c1. The maximum Gasteiger partial charge on any atom is 0.321 e. The summed E-state index contributed by atoms with van der Waals surface area (Å²) in [5, 5.41) is 8.09. The summed E-state index contributed by atoms with van der Waals surface area (Å²) in [6.45, 7) is 5.26. The molecule has 3 rings (SSSR count). The minimum absolute atomic E-state index is 0.187. The van der Waals surface area contributed by atoms with E-state index in [0.717, 1.165) is 24.0 Å². The van der Waals surface area contributed by atoms with Gasteiger partial charge in [0, 0.05) is 31.0 Å².